The fourth-order valence-electron chi connectivity index (χ4n) is 5.01. The second kappa shape index (κ2) is 10.4. The molecule has 1 saturated carbocycles. The van der Waals surface area contributed by atoms with Crippen molar-refractivity contribution in [3.8, 4) is 0 Å². The highest BCUT2D eigenvalue weighted by molar-refractivity contribution is 5.79. The van der Waals surface area contributed by atoms with Gasteiger partial charge in [-0.2, -0.15) is 0 Å². The summed E-state index contributed by atoms with van der Waals surface area (Å²) in [6, 6.07) is 0. The van der Waals surface area contributed by atoms with E-state index in [0.717, 1.165) is 71.3 Å². The molecule has 0 unspecified atom stereocenters. The van der Waals surface area contributed by atoms with Crippen LogP contribution in [0, 0.1) is 5.92 Å². The third-order valence-corrected chi connectivity index (χ3v) is 6.89. The van der Waals surface area contributed by atoms with Crippen LogP contribution in [0.25, 0.3) is 0 Å². The molecule has 1 aliphatic carbocycles. The van der Waals surface area contributed by atoms with E-state index in [9.17, 15) is 4.79 Å². The Kier molecular flexibility index (Phi) is 7.97. The second-order valence-corrected chi connectivity index (χ2v) is 8.64. The van der Waals surface area contributed by atoms with Gasteiger partial charge in [0.15, 0.2) is 5.96 Å². The van der Waals surface area contributed by atoms with Gasteiger partial charge in [0.1, 0.15) is 0 Å². The lowest BCUT2D eigenvalue weighted by atomic mass is 9.80. The number of rotatable bonds is 5. The lowest BCUT2D eigenvalue weighted by Gasteiger charge is -2.48. The third-order valence-electron chi connectivity index (χ3n) is 6.89. The maximum Gasteiger partial charge on any atom is 0.219 e. The van der Waals surface area contributed by atoms with E-state index in [0.29, 0.717) is 5.92 Å². The number of piperidine rings is 1. The van der Waals surface area contributed by atoms with Crippen molar-refractivity contribution in [2.45, 2.75) is 57.4 Å². The number of carbonyl (C=O) groups is 1. The molecule has 2 N–H and O–H groups in total. The number of amides is 1. The molecule has 7 nitrogen and oxygen atoms in total. The van der Waals surface area contributed by atoms with Crippen molar-refractivity contribution in [1.29, 1.82) is 0 Å². The van der Waals surface area contributed by atoms with Crippen LogP contribution in [0.5, 0.6) is 0 Å². The topological polar surface area (TPSA) is 69.2 Å². The largest absolute Gasteiger partial charge is 0.379 e. The lowest BCUT2D eigenvalue weighted by molar-refractivity contribution is -0.130. The van der Waals surface area contributed by atoms with Crippen LogP contribution in [-0.4, -0.2) is 86.7 Å². The molecule has 0 atom stereocenters. The number of nitrogens with zero attached hydrogens (tertiary/aromatic N) is 3. The standard InChI is InChI=1S/C21H39N5O2/c1-18(27)25-10-6-19(7-11-25)16-23-20(22-2)24-17-21(8-4-3-5-9-21)26-12-14-28-15-13-26/h19H,3-17H2,1-2H3,(H2,22,23,24). The van der Waals surface area contributed by atoms with Gasteiger partial charge in [0.05, 0.1) is 13.2 Å². The van der Waals surface area contributed by atoms with Gasteiger partial charge in [-0.15, -0.1) is 0 Å². The Balaban J connectivity index is 1.47. The zero-order chi connectivity index (χ0) is 19.8. The third kappa shape index (κ3) is 5.60. The number of likely N-dealkylation sites (tertiary alicyclic amines) is 1. The summed E-state index contributed by atoms with van der Waals surface area (Å²) < 4.78 is 5.59. The first-order valence-corrected chi connectivity index (χ1v) is 11.2. The first-order valence-electron chi connectivity index (χ1n) is 11.2. The Labute approximate surface area is 170 Å². The van der Waals surface area contributed by atoms with Crippen LogP contribution in [0.15, 0.2) is 4.99 Å². The van der Waals surface area contributed by atoms with Crippen LogP contribution < -0.4 is 10.6 Å². The van der Waals surface area contributed by atoms with Gasteiger partial charge in [-0.05, 0) is 31.6 Å². The van der Waals surface area contributed by atoms with Crippen LogP contribution in [0.3, 0.4) is 0 Å². The fourth-order valence-corrected chi connectivity index (χ4v) is 5.01. The molecule has 160 valence electrons. The molecule has 2 heterocycles. The number of guanidine groups is 1. The highest BCUT2D eigenvalue weighted by Gasteiger charge is 2.38. The van der Waals surface area contributed by atoms with Crippen molar-refractivity contribution in [3.63, 3.8) is 0 Å². The molecule has 7 heteroatoms. The van der Waals surface area contributed by atoms with Crippen LogP contribution in [-0.2, 0) is 9.53 Å². The van der Waals surface area contributed by atoms with E-state index >= 15 is 0 Å². The Hall–Kier alpha value is -1.34. The quantitative estimate of drug-likeness (QED) is 0.547. The molecule has 0 radical (unpaired) electrons. The van der Waals surface area contributed by atoms with Gasteiger partial charge >= 0.3 is 0 Å². The fraction of sp³-hybridized carbons (Fsp3) is 0.905. The van der Waals surface area contributed by atoms with Gasteiger partial charge in [-0.3, -0.25) is 14.7 Å². The van der Waals surface area contributed by atoms with Gasteiger partial charge < -0.3 is 20.3 Å². The van der Waals surface area contributed by atoms with E-state index in [1.807, 2.05) is 11.9 Å². The Morgan fingerprint density at radius 2 is 1.75 bits per heavy atom. The Morgan fingerprint density at radius 3 is 2.36 bits per heavy atom. The van der Waals surface area contributed by atoms with E-state index in [4.69, 9.17) is 4.74 Å². The van der Waals surface area contributed by atoms with E-state index in [1.165, 1.54) is 32.1 Å². The number of carbonyl (C=O) groups excluding carboxylic acids is 1. The van der Waals surface area contributed by atoms with Gasteiger partial charge in [-0.25, -0.2) is 0 Å². The van der Waals surface area contributed by atoms with E-state index in [2.05, 4.69) is 20.5 Å². The zero-order valence-corrected chi connectivity index (χ0v) is 17.8. The number of hydrogen-bond donors (Lipinski definition) is 2. The van der Waals surface area contributed by atoms with Crippen molar-refractivity contribution in [1.82, 2.24) is 20.4 Å². The highest BCUT2D eigenvalue weighted by Crippen LogP contribution is 2.33. The van der Waals surface area contributed by atoms with Gasteiger partial charge in [-0.1, -0.05) is 19.3 Å². The summed E-state index contributed by atoms with van der Waals surface area (Å²) in [5, 5.41) is 7.17. The van der Waals surface area contributed by atoms with Gasteiger partial charge in [0.25, 0.3) is 0 Å². The van der Waals surface area contributed by atoms with Gasteiger partial charge in [0, 0.05) is 58.8 Å². The lowest BCUT2D eigenvalue weighted by Crippen LogP contribution is -2.60. The van der Waals surface area contributed by atoms with Crippen LogP contribution in [0.1, 0.15) is 51.9 Å². The molecular formula is C21H39N5O2. The SMILES string of the molecule is CN=C(NCC1CCN(C(C)=O)CC1)NCC1(N2CCOCC2)CCCCC1. The average Bonchev–Trinajstić information content (AvgIpc) is 2.75. The molecule has 1 amide bonds. The van der Waals surface area contributed by atoms with Crippen LogP contribution >= 0.6 is 0 Å². The minimum atomic E-state index is 0.199. The number of hydrogen-bond acceptors (Lipinski definition) is 4. The predicted molar refractivity (Wildman–Crippen MR) is 113 cm³/mol. The Bertz CT molecular complexity index is 519. The summed E-state index contributed by atoms with van der Waals surface area (Å²) in [7, 11) is 1.86. The molecule has 3 rings (SSSR count). The zero-order valence-electron chi connectivity index (χ0n) is 17.8. The van der Waals surface area contributed by atoms with Crippen LogP contribution in [0.4, 0.5) is 0 Å². The summed E-state index contributed by atoms with van der Waals surface area (Å²) in [5.74, 6) is 1.72. The van der Waals surface area contributed by atoms with Crippen LogP contribution in [0.2, 0.25) is 0 Å². The monoisotopic (exact) mass is 393 g/mol. The summed E-state index contributed by atoms with van der Waals surface area (Å²) in [6.07, 6.45) is 8.67. The maximum absolute atomic E-state index is 11.5. The molecule has 2 aliphatic heterocycles. The number of morpholine rings is 1. The number of ether oxygens (including phenoxy) is 1. The normalized spacial score (nSPS) is 24.8. The van der Waals surface area contributed by atoms with E-state index in [-0.39, 0.29) is 11.4 Å². The molecule has 0 bridgehead atoms. The van der Waals surface area contributed by atoms with Crippen molar-refractivity contribution >= 4 is 11.9 Å². The average molecular weight is 394 g/mol. The van der Waals surface area contributed by atoms with Crippen molar-refractivity contribution < 1.29 is 9.53 Å². The van der Waals surface area contributed by atoms with E-state index < -0.39 is 0 Å². The van der Waals surface area contributed by atoms with Crippen molar-refractivity contribution in [2.24, 2.45) is 10.9 Å². The molecule has 2 saturated heterocycles. The summed E-state index contributed by atoms with van der Waals surface area (Å²) in [6.45, 7) is 9.11. The molecule has 3 fully saturated rings. The molecule has 0 spiro atoms. The minimum Gasteiger partial charge on any atom is -0.379 e. The smallest absolute Gasteiger partial charge is 0.219 e. The molecule has 0 aromatic heterocycles. The summed E-state index contributed by atoms with van der Waals surface area (Å²) in [4.78, 5) is 20.6. The maximum atomic E-state index is 11.5. The minimum absolute atomic E-state index is 0.199. The Morgan fingerprint density at radius 1 is 1.07 bits per heavy atom. The van der Waals surface area contributed by atoms with E-state index in [1.54, 1.807) is 6.92 Å². The van der Waals surface area contributed by atoms with Gasteiger partial charge in [0.2, 0.25) is 5.91 Å². The first kappa shape index (κ1) is 21.4. The van der Waals surface area contributed by atoms with Crippen molar-refractivity contribution in [2.75, 3.05) is 59.5 Å². The second-order valence-electron chi connectivity index (χ2n) is 8.64. The summed E-state index contributed by atoms with van der Waals surface area (Å²) >= 11 is 0. The first-order chi connectivity index (χ1) is 13.6. The molecule has 28 heavy (non-hydrogen) atoms. The van der Waals surface area contributed by atoms with Crippen molar-refractivity contribution in [3.05, 3.63) is 0 Å². The molecule has 0 aromatic carbocycles. The molecular weight excluding hydrogens is 354 g/mol. The molecule has 0 aromatic rings. The summed E-state index contributed by atoms with van der Waals surface area (Å²) in [5.41, 5.74) is 0.243. The number of nitrogens with one attached hydrogen (secondary N) is 2. The molecule has 3 aliphatic rings. The number of aliphatic imine (C=N–C) groups is 1. The highest BCUT2D eigenvalue weighted by atomic mass is 16.5. The predicted octanol–water partition coefficient (Wildman–Crippen LogP) is 1.45.